The number of carbonyl (C=O) groups is 1. The summed E-state index contributed by atoms with van der Waals surface area (Å²) in [6.45, 7) is 1.68. The van der Waals surface area contributed by atoms with Gasteiger partial charge in [0.1, 0.15) is 0 Å². The minimum absolute atomic E-state index is 0.0754. The Labute approximate surface area is 158 Å². The van der Waals surface area contributed by atoms with Crippen LogP contribution in [0.2, 0.25) is 0 Å². The second-order valence-electron chi connectivity index (χ2n) is 6.97. The molecule has 0 saturated heterocycles. The number of hydrogen-bond donors (Lipinski definition) is 2. The molecule has 3 rings (SSSR count). The van der Waals surface area contributed by atoms with Crippen molar-refractivity contribution in [1.82, 2.24) is 15.1 Å². The number of aromatic nitrogens is 2. The summed E-state index contributed by atoms with van der Waals surface area (Å²) in [6.07, 6.45) is 0.945. The highest BCUT2D eigenvalue weighted by Gasteiger charge is 2.11. The molecule has 140 valence electrons. The molecule has 1 aromatic heterocycles. The molecule has 2 aromatic carbocycles. The molecule has 2 N–H and O–H groups in total. The highest BCUT2D eigenvalue weighted by molar-refractivity contribution is 5.96. The van der Waals surface area contributed by atoms with Gasteiger partial charge < -0.3 is 10.2 Å². The number of quaternary nitrogens is 1. The van der Waals surface area contributed by atoms with E-state index in [0.717, 1.165) is 29.6 Å². The van der Waals surface area contributed by atoms with Gasteiger partial charge in [0, 0.05) is 36.5 Å². The normalized spacial score (nSPS) is 11.1. The third-order valence-corrected chi connectivity index (χ3v) is 4.52. The topological polar surface area (TPSA) is 68.4 Å². The molecule has 1 amide bonds. The molecule has 0 saturated carbocycles. The number of nitrogens with zero attached hydrogens (tertiary/aromatic N) is 2. The van der Waals surface area contributed by atoms with Gasteiger partial charge in [-0.1, -0.05) is 30.3 Å². The van der Waals surface area contributed by atoms with Crippen molar-refractivity contribution in [1.29, 1.82) is 0 Å². The van der Waals surface area contributed by atoms with Crippen molar-refractivity contribution >= 4 is 16.7 Å². The van der Waals surface area contributed by atoms with Crippen LogP contribution in [0.25, 0.3) is 22.0 Å². The Balaban J connectivity index is 1.82. The van der Waals surface area contributed by atoms with E-state index in [1.165, 1.54) is 9.58 Å². The Morgan fingerprint density at radius 3 is 2.41 bits per heavy atom. The minimum atomic E-state index is -0.120. The van der Waals surface area contributed by atoms with Gasteiger partial charge in [-0.2, -0.15) is 5.10 Å². The third-order valence-electron chi connectivity index (χ3n) is 4.52. The van der Waals surface area contributed by atoms with Gasteiger partial charge in [-0.3, -0.25) is 9.59 Å². The number of aryl methyl sites for hydroxylation is 1. The van der Waals surface area contributed by atoms with Gasteiger partial charge in [0.05, 0.1) is 31.7 Å². The van der Waals surface area contributed by atoms with Gasteiger partial charge in [-0.25, -0.2) is 4.68 Å². The summed E-state index contributed by atoms with van der Waals surface area (Å²) >= 11 is 0. The molecule has 6 nitrogen and oxygen atoms in total. The molecule has 0 fully saturated rings. The summed E-state index contributed by atoms with van der Waals surface area (Å²) < 4.78 is 1.35. The van der Waals surface area contributed by atoms with Gasteiger partial charge in [0.2, 0.25) is 0 Å². The molecule has 0 bridgehead atoms. The number of benzene rings is 2. The van der Waals surface area contributed by atoms with Crippen LogP contribution in [0.15, 0.2) is 53.3 Å². The van der Waals surface area contributed by atoms with Gasteiger partial charge in [0.25, 0.3) is 11.5 Å². The Kier molecular flexibility index (Phi) is 5.66. The first-order chi connectivity index (χ1) is 13.0. The van der Waals surface area contributed by atoms with E-state index >= 15 is 0 Å². The van der Waals surface area contributed by atoms with Crippen LogP contribution in [0, 0.1) is 0 Å². The molecule has 27 heavy (non-hydrogen) atoms. The lowest BCUT2D eigenvalue weighted by Gasteiger charge is -2.10. The maximum absolute atomic E-state index is 12.3. The quantitative estimate of drug-likeness (QED) is 0.637. The van der Waals surface area contributed by atoms with Crippen molar-refractivity contribution in [2.24, 2.45) is 7.05 Å². The molecule has 3 aromatic rings. The Morgan fingerprint density at radius 1 is 1.07 bits per heavy atom. The largest absolute Gasteiger partial charge is 0.352 e. The molecular formula is C21H25N4O2+. The zero-order chi connectivity index (χ0) is 19.4. The maximum atomic E-state index is 12.3. The lowest BCUT2D eigenvalue weighted by atomic mass is 10.0. The predicted octanol–water partition coefficient (Wildman–Crippen LogP) is 0.865. The number of nitrogens with one attached hydrogen (secondary N) is 2. The molecule has 0 aliphatic carbocycles. The van der Waals surface area contributed by atoms with Crippen molar-refractivity contribution in [2.45, 2.75) is 6.42 Å². The summed E-state index contributed by atoms with van der Waals surface area (Å²) in [4.78, 5) is 25.9. The van der Waals surface area contributed by atoms with Crippen LogP contribution in [0.5, 0.6) is 0 Å². The van der Waals surface area contributed by atoms with E-state index in [9.17, 15) is 9.59 Å². The second-order valence-corrected chi connectivity index (χ2v) is 6.97. The Morgan fingerprint density at radius 2 is 1.74 bits per heavy atom. The first kappa shape index (κ1) is 18.8. The molecule has 0 atom stereocenters. The fourth-order valence-corrected chi connectivity index (χ4v) is 3.04. The number of amides is 1. The smallest absolute Gasteiger partial charge is 0.274 e. The van der Waals surface area contributed by atoms with E-state index in [1.807, 2.05) is 30.3 Å². The van der Waals surface area contributed by atoms with Crippen LogP contribution in [0.3, 0.4) is 0 Å². The molecular weight excluding hydrogens is 340 g/mol. The van der Waals surface area contributed by atoms with Gasteiger partial charge in [0.15, 0.2) is 0 Å². The summed E-state index contributed by atoms with van der Waals surface area (Å²) in [5.41, 5.74) is 2.10. The van der Waals surface area contributed by atoms with Crippen LogP contribution in [0.4, 0.5) is 0 Å². The lowest BCUT2D eigenvalue weighted by molar-refractivity contribution is -0.858. The molecule has 0 unspecified atom stereocenters. The van der Waals surface area contributed by atoms with Gasteiger partial charge in [-0.15, -0.1) is 0 Å². The highest BCUT2D eigenvalue weighted by atomic mass is 16.1. The number of carbonyl (C=O) groups excluding carboxylic acids is 1. The predicted molar refractivity (Wildman–Crippen MR) is 107 cm³/mol. The first-order valence-corrected chi connectivity index (χ1v) is 9.11. The van der Waals surface area contributed by atoms with Crippen molar-refractivity contribution < 1.29 is 9.69 Å². The van der Waals surface area contributed by atoms with E-state index in [1.54, 1.807) is 25.2 Å². The third kappa shape index (κ3) is 4.23. The molecule has 6 heteroatoms. The fraction of sp³-hybridized carbons (Fsp3) is 0.286. The SMILES string of the molecule is Cn1nc(-c2ccc(C(=O)NCCC[NH+](C)C)cc2)c2ccccc2c1=O. The van der Waals surface area contributed by atoms with E-state index in [-0.39, 0.29) is 11.5 Å². The van der Waals surface area contributed by atoms with Gasteiger partial charge >= 0.3 is 0 Å². The van der Waals surface area contributed by atoms with Crippen molar-refractivity contribution in [2.75, 3.05) is 27.2 Å². The summed E-state index contributed by atoms with van der Waals surface area (Å²) in [5, 5.41) is 8.81. The number of rotatable bonds is 6. The summed E-state index contributed by atoms with van der Waals surface area (Å²) in [6, 6.07) is 14.8. The maximum Gasteiger partial charge on any atom is 0.274 e. The molecule has 0 aliphatic heterocycles. The second kappa shape index (κ2) is 8.14. The Bertz CT molecular complexity index is 1010. The van der Waals surface area contributed by atoms with Crippen molar-refractivity contribution in [3.05, 3.63) is 64.4 Å². The lowest BCUT2D eigenvalue weighted by Crippen LogP contribution is -3.05. The monoisotopic (exact) mass is 365 g/mol. The van der Waals surface area contributed by atoms with Crippen LogP contribution in [0.1, 0.15) is 16.8 Å². The molecule has 0 aliphatic rings. The molecule has 0 radical (unpaired) electrons. The van der Waals surface area contributed by atoms with E-state index in [0.29, 0.717) is 17.5 Å². The van der Waals surface area contributed by atoms with Crippen molar-refractivity contribution in [3.63, 3.8) is 0 Å². The van der Waals surface area contributed by atoms with E-state index in [4.69, 9.17) is 0 Å². The average molecular weight is 365 g/mol. The van der Waals surface area contributed by atoms with E-state index in [2.05, 4.69) is 24.5 Å². The zero-order valence-electron chi connectivity index (χ0n) is 16.0. The van der Waals surface area contributed by atoms with Crippen LogP contribution >= 0.6 is 0 Å². The first-order valence-electron chi connectivity index (χ1n) is 9.11. The molecule has 1 heterocycles. The summed E-state index contributed by atoms with van der Waals surface area (Å²) in [7, 11) is 5.84. The number of hydrogen-bond acceptors (Lipinski definition) is 3. The fourth-order valence-electron chi connectivity index (χ4n) is 3.04. The number of fused-ring (bicyclic) bond motifs is 1. The van der Waals surface area contributed by atoms with Crippen molar-refractivity contribution in [3.8, 4) is 11.3 Å². The highest BCUT2D eigenvalue weighted by Crippen LogP contribution is 2.24. The summed E-state index contributed by atoms with van der Waals surface area (Å²) in [5.74, 6) is -0.0754. The minimum Gasteiger partial charge on any atom is -0.352 e. The Hall–Kier alpha value is -2.99. The van der Waals surface area contributed by atoms with Crippen LogP contribution in [-0.2, 0) is 7.05 Å². The van der Waals surface area contributed by atoms with Gasteiger partial charge in [-0.05, 0) is 18.2 Å². The van der Waals surface area contributed by atoms with Crippen LogP contribution < -0.4 is 15.8 Å². The zero-order valence-corrected chi connectivity index (χ0v) is 16.0. The molecule has 0 spiro atoms. The van der Waals surface area contributed by atoms with E-state index < -0.39 is 0 Å². The van der Waals surface area contributed by atoms with Crippen LogP contribution in [-0.4, -0.2) is 42.9 Å². The average Bonchev–Trinajstić information content (AvgIpc) is 2.68. The standard InChI is InChI=1S/C21H24N4O2/c1-24(2)14-6-13-22-20(26)16-11-9-15(10-12-16)19-17-7-4-5-8-18(17)21(27)25(3)23-19/h4-5,7-12H,6,13-14H2,1-3H3,(H,22,26)/p+1.